The van der Waals surface area contributed by atoms with E-state index in [1.165, 1.54) is 5.57 Å². The molecule has 1 aromatic rings. The summed E-state index contributed by atoms with van der Waals surface area (Å²) >= 11 is 0. The highest BCUT2D eigenvalue weighted by Crippen LogP contribution is 2.74. The molecular formula is C31H39NO4. The molecule has 0 radical (unpaired) electrons. The quantitative estimate of drug-likeness (QED) is 0.435. The lowest BCUT2D eigenvalue weighted by atomic mass is 9.34. The number of carbonyl (C=O) groups is 3. The molecule has 5 nitrogen and oxygen atoms in total. The second-order valence-corrected chi connectivity index (χ2v) is 13.2. The number of likely N-dealkylation sites (tertiary alicyclic amines) is 1. The highest BCUT2D eigenvalue weighted by atomic mass is 16.4. The largest absolute Gasteiger partial charge is 0.481 e. The standard InChI is InChI=1S/C31H39NO4/c1-18(2)21-16-31-14-11-22-29(3,12-8-13-30(22,4)28(35)36)23(31)15-20(21)24-25(31)27(34)32(26(24)33)17-19-9-6-5-7-10-19/h5-7,9-10,16,18,20,22-25H,8,11-15,17H2,1-4H3,(H,35,36)/t20-,22-,23-,24-,25+,29+,30-,31+/m0/s1. The van der Waals surface area contributed by atoms with Crippen LogP contribution in [0, 0.1) is 51.8 Å². The summed E-state index contributed by atoms with van der Waals surface area (Å²) in [5.74, 6) is -0.486. The molecule has 0 unspecified atom stereocenters. The number of aliphatic carboxylic acids is 1. The summed E-state index contributed by atoms with van der Waals surface area (Å²) in [6.45, 7) is 9.05. The first-order valence-corrected chi connectivity index (χ1v) is 13.9. The van der Waals surface area contributed by atoms with E-state index in [0.29, 0.717) is 12.5 Å². The number of hydrogen-bond acceptors (Lipinski definition) is 3. The fourth-order valence-corrected chi connectivity index (χ4v) is 9.94. The zero-order valence-corrected chi connectivity index (χ0v) is 22.0. The van der Waals surface area contributed by atoms with Gasteiger partial charge in [0.1, 0.15) is 0 Å². The van der Waals surface area contributed by atoms with Gasteiger partial charge in [0.25, 0.3) is 0 Å². The van der Waals surface area contributed by atoms with Crippen LogP contribution in [0.1, 0.15) is 71.8 Å². The van der Waals surface area contributed by atoms with Crippen molar-refractivity contribution in [2.75, 3.05) is 0 Å². The Morgan fingerprint density at radius 1 is 1.06 bits per heavy atom. The van der Waals surface area contributed by atoms with Gasteiger partial charge in [0.2, 0.25) is 11.8 Å². The van der Waals surface area contributed by atoms with Gasteiger partial charge in [0.15, 0.2) is 0 Å². The van der Waals surface area contributed by atoms with Crippen molar-refractivity contribution in [3.05, 3.63) is 47.5 Å². The van der Waals surface area contributed by atoms with E-state index in [2.05, 4.69) is 26.8 Å². The molecule has 4 fully saturated rings. The highest BCUT2D eigenvalue weighted by molar-refractivity contribution is 6.06. The van der Waals surface area contributed by atoms with E-state index < -0.39 is 11.4 Å². The van der Waals surface area contributed by atoms with Gasteiger partial charge in [-0.15, -0.1) is 0 Å². The molecule has 7 rings (SSSR count). The molecule has 0 aromatic heterocycles. The molecule has 1 heterocycles. The number of carboxylic acid groups (broad SMARTS) is 1. The SMILES string of the molecule is CC(C)C1=C[C@]23CC[C@H]4[C@@](C)(CCC[C@]4(C)C(=O)O)[C@@H]2C[C@@H]1[C@@H]1C(=O)N(Cc2ccccc2)C(=O)[C@@H]13. The summed E-state index contributed by atoms with van der Waals surface area (Å²) in [5.41, 5.74) is 1.14. The van der Waals surface area contributed by atoms with E-state index >= 15 is 0 Å². The van der Waals surface area contributed by atoms with Gasteiger partial charge < -0.3 is 5.11 Å². The van der Waals surface area contributed by atoms with Crippen LogP contribution in [0.3, 0.4) is 0 Å². The molecule has 1 N–H and O–H groups in total. The van der Waals surface area contributed by atoms with Crippen LogP contribution in [-0.2, 0) is 20.9 Å². The van der Waals surface area contributed by atoms with Gasteiger partial charge in [-0.05, 0) is 73.7 Å². The molecule has 1 aromatic carbocycles. The third-order valence-electron chi connectivity index (χ3n) is 11.4. The number of imide groups is 1. The smallest absolute Gasteiger partial charge is 0.309 e. The van der Waals surface area contributed by atoms with E-state index in [4.69, 9.17) is 0 Å². The van der Waals surface area contributed by atoms with Gasteiger partial charge in [0.05, 0.1) is 23.8 Å². The van der Waals surface area contributed by atoms with Crippen molar-refractivity contribution in [1.82, 2.24) is 4.90 Å². The Balaban J connectivity index is 1.45. The second kappa shape index (κ2) is 7.79. The Labute approximate surface area is 214 Å². The summed E-state index contributed by atoms with van der Waals surface area (Å²) < 4.78 is 0. The molecule has 5 heteroatoms. The minimum absolute atomic E-state index is 0.00136. The number of benzene rings is 1. The van der Waals surface area contributed by atoms with E-state index in [1.807, 2.05) is 37.3 Å². The minimum atomic E-state index is -0.718. The van der Waals surface area contributed by atoms with Crippen LogP contribution >= 0.6 is 0 Å². The summed E-state index contributed by atoms with van der Waals surface area (Å²) in [6.07, 6.45) is 7.63. The molecule has 3 saturated carbocycles. The molecule has 1 aliphatic heterocycles. The lowest BCUT2D eigenvalue weighted by Crippen LogP contribution is -2.65. The number of fused-ring (bicyclic) bond motifs is 1. The zero-order chi connectivity index (χ0) is 25.6. The Kier molecular flexibility index (Phi) is 5.18. The molecule has 1 spiro atoms. The molecule has 8 atom stereocenters. The minimum Gasteiger partial charge on any atom is -0.481 e. The van der Waals surface area contributed by atoms with Crippen molar-refractivity contribution in [3.63, 3.8) is 0 Å². The fraction of sp³-hybridized carbons (Fsp3) is 0.645. The van der Waals surface area contributed by atoms with E-state index in [9.17, 15) is 19.5 Å². The van der Waals surface area contributed by atoms with Crippen LogP contribution in [0.25, 0.3) is 0 Å². The number of hydrogen-bond donors (Lipinski definition) is 1. The average Bonchev–Trinajstić information content (AvgIpc) is 3.11. The van der Waals surface area contributed by atoms with E-state index in [0.717, 1.165) is 44.1 Å². The molecule has 5 aliphatic carbocycles. The maximum atomic E-state index is 14.2. The zero-order valence-electron chi connectivity index (χ0n) is 22.0. The third kappa shape index (κ3) is 2.92. The molecule has 2 bridgehead atoms. The maximum absolute atomic E-state index is 14.2. The topological polar surface area (TPSA) is 74.7 Å². The third-order valence-corrected chi connectivity index (χ3v) is 11.4. The van der Waals surface area contributed by atoms with Crippen molar-refractivity contribution in [3.8, 4) is 0 Å². The van der Waals surface area contributed by atoms with Crippen LogP contribution in [0.5, 0.6) is 0 Å². The predicted molar refractivity (Wildman–Crippen MR) is 136 cm³/mol. The lowest BCUT2D eigenvalue weighted by molar-refractivity contribution is -0.194. The summed E-state index contributed by atoms with van der Waals surface area (Å²) in [7, 11) is 0. The number of amides is 2. The van der Waals surface area contributed by atoms with Crippen LogP contribution in [0.4, 0.5) is 0 Å². The van der Waals surface area contributed by atoms with Crippen LogP contribution in [0.15, 0.2) is 42.0 Å². The van der Waals surface area contributed by atoms with Gasteiger partial charge in [-0.25, -0.2) is 0 Å². The van der Waals surface area contributed by atoms with Gasteiger partial charge >= 0.3 is 5.97 Å². The fourth-order valence-electron chi connectivity index (χ4n) is 9.94. The highest BCUT2D eigenvalue weighted by Gasteiger charge is 2.73. The van der Waals surface area contributed by atoms with Crippen LogP contribution < -0.4 is 0 Å². The Hall–Kier alpha value is -2.43. The molecule has 192 valence electrons. The van der Waals surface area contributed by atoms with Gasteiger partial charge in [-0.1, -0.05) is 69.2 Å². The summed E-state index contributed by atoms with van der Waals surface area (Å²) in [6, 6.07) is 9.82. The van der Waals surface area contributed by atoms with Crippen molar-refractivity contribution < 1.29 is 19.5 Å². The summed E-state index contributed by atoms with van der Waals surface area (Å²) in [4.78, 5) is 42.2. The number of carboxylic acids is 1. The van der Waals surface area contributed by atoms with Gasteiger partial charge in [-0.3, -0.25) is 19.3 Å². The lowest BCUT2D eigenvalue weighted by Gasteiger charge is -2.68. The molecule has 1 saturated heterocycles. The Bertz CT molecular complexity index is 1160. The van der Waals surface area contributed by atoms with Crippen molar-refractivity contribution in [1.29, 1.82) is 0 Å². The number of allylic oxidation sites excluding steroid dienone is 2. The Morgan fingerprint density at radius 2 is 1.78 bits per heavy atom. The van der Waals surface area contributed by atoms with Crippen molar-refractivity contribution in [2.45, 2.75) is 72.8 Å². The molecule has 6 aliphatic rings. The van der Waals surface area contributed by atoms with Crippen LogP contribution in [0.2, 0.25) is 0 Å². The molecular weight excluding hydrogens is 450 g/mol. The molecule has 36 heavy (non-hydrogen) atoms. The van der Waals surface area contributed by atoms with Crippen molar-refractivity contribution in [2.24, 2.45) is 51.8 Å². The number of nitrogens with zero attached hydrogens (tertiary/aromatic N) is 1. The average molecular weight is 490 g/mol. The normalized spacial score (nSPS) is 43.2. The molecule has 2 amide bonds. The second-order valence-electron chi connectivity index (χ2n) is 13.2. The van der Waals surface area contributed by atoms with E-state index in [1.54, 1.807) is 4.90 Å². The van der Waals surface area contributed by atoms with Gasteiger partial charge in [0, 0.05) is 5.41 Å². The first-order chi connectivity index (χ1) is 17.0. The van der Waals surface area contributed by atoms with E-state index in [-0.39, 0.29) is 52.2 Å². The monoisotopic (exact) mass is 489 g/mol. The predicted octanol–water partition coefficient (Wildman–Crippen LogP) is 5.70. The number of carbonyl (C=O) groups excluding carboxylic acids is 2. The first-order valence-electron chi connectivity index (χ1n) is 13.9. The van der Waals surface area contributed by atoms with Crippen molar-refractivity contribution >= 4 is 17.8 Å². The number of rotatable bonds is 4. The van der Waals surface area contributed by atoms with Crippen LogP contribution in [-0.4, -0.2) is 27.8 Å². The Morgan fingerprint density at radius 3 is 2.44 bits per heavy atom. The maximum Gasteiger partial charge on any atom is 0.309 e. The summed E-state index contributed by atoms with van der Waals surface area (Å²) in [5, 5.41) is 10.3. The first kappa shape index (κ1) is 23.9. The van der Waals surface area contributed by atoms with Gasteiger partial charge in [-0.2, -0.15) is 0 Å².